The number of primary amides is 1. The van der Waals surface area contributed by atoms with Gasteiger partial charge in [0.05, 0.1) is 16.8 Å². The summed E-state index contributed by atoms with van der Waals surface area (Å²) in [4.78, 5) is 11.4. The molecule has 1 heterocycles. The molecule has 16 heavy (non-hydrogen) atoms. The molecule has 1 aromatic carbocycles. The highest BCUT2D eigenvalue weighted by molar-refractivity contribution is 6.02. The Balaban J connectivity index is 2.65. The first-order valence-electron chi connectivity index (χ1n) is 5.31. The Morgan fingerprint density at radius 3 is 2.69 bits per heavy atom. The molecular formula is C13H16N2O. The van der Waals surface area contributed by atoms with E-state index in [4.69, 9.17) is 5.73 Å². The highest BCUT2D eigenvalue weighted by atomic mass is 16.1. The fourth-order valence-corrected chi connectivity index (χ4v) is 2.20. The topological polar surface area (TPSA) is 55.1 Å². The minimum Gasteiger partial charge on any atom is -0.376 e. The van der Waals surface area contributed by atoms with E-state index in [1.807, 2.05) is 19.1 Å². The zero-order valence-electron chi connectivity index (χ0n) is 9.79. The third-order valence-electron chi connectivity index (χ3n) is 2.78. The molecule has 0 fully saturated rings. The van der Waals surface area contributed by atoms with E-state index >= 15 is 0 Å². The fourth-order valence-electron chi connectivity index (χ4n) is 2.20. The van der Waals surface area contributed by atoms with E-state index in [-0.39, 0.29) is 5.54 Å². The first-order chi connectivity index (χ1) is 7.41. The summed E-state index contributed by atoms with van der Waals surface area (Å²) in [5, 5.41) is 3.34. The van der Waals surface area contributed by atoms with E-state index in [2.05, 4.69) is 25.2 Å². The van der Waals surface area contributed by atoms with Gasteiger partial charge in [0.1, 0.15) is 0 Å². The number of amides is 1. The number of benzene rings is 1. The Kier molecular flexibility index (Phi) is 2.26. The predicted octanol–water partition coefficient (Wildman–Crippen LogP) is 2.39. The molecule has 3 nitrogen and oxygen atoms in total. The third kappa shape index (κ3) is 1.69. The Morgan fingerprint density at radius 2 is 2.06 bits per heavy atom. The van der Waals surface area contributed by atoms with Gasteiger partial charge in [0.2, 0.25) is 0 Å². The van der Waals surface area contributed by atoms with E-state index in [0.717, 1.165) is 11.3 Å². The van der Waals surface area contributed by atoms with Crippen LogP contribution >= 0.6 is 0 Å². The van der Waals surface area contributed by atoms with Crippen molar-refractivity contribution in [2.24, 2.45) is 5.73 Å². The van der Waals surface area contributed by atoms with Crippen LogP contribution in [0.5, 0.6) is 0 Å². The molecule has 1 amide bonds. The number of rotatable bonds is 1. The van der Waals surface area contributed by atoms with Crippen LogP contribution in [0.1, 0.15) is 36.7 Å². The molecule has 3 N–H and O–H groups in total. The molecule has 1 aliphatic rings. The van der Waals surface area contributed by atoms with Crippen LogP contribution in [0.4, 0.5) is 5.69 Å². The molecule has 1 aliphatic heterocycles. The lowest BCUT2D eigenvalue weighted by molar-refractivity contribution is 0.100. The van der Waals surface area contributed by atoms with Gasteiger partial charge in [0.25, 0.3) is 5.91 Å². The van der Waals surface area contributed by atoms with E-state index < -0.39 is 5.91 Å². The maximum absolute atomic E-state index is 11.4. The maximum Gasteiger partial charge on any atom is 0.250 e. The molecule has 84 valence electrons. The van der Waals surface area contributed by atoms with E-state index in [9.17, 15) is 4.79 Å². The highest BCUT2D eigenvalue weighted by Crippen LogP contribution is 2.35. The number of carbonyl (C=O) groups is 1. The SMILES string of the molecule is CC1=CC(C)(C)Nc2c(C(N)=O)cccc21. The van der Waals surface area contributed by atoms with E-state index in [1.54, 1.807) is 6.07 Å². The minimum atomic E-state index is -0.394. The van der Waals surface area contributed by atoms with Gasteiger partial charge in [-0.15, -0.1) is 0 Å². The van der Waals surface area contributed by atoms with Crippen molar-refractivity contribution >= 4 is 17.2 Å². The number of nitrogens with two attached hydrogens (primary N) is 1. The number of anilines is 1. The van der Waals surface area contributed by atoms with Gasteiger partial charge in [0.15, 0.2) is 0 Å². The quantitative estimate of drug-likeness (QED) is 0.757. The summed E-state index contributed by atoms with van der Waals surface area (Å²) in [7, 11) is 0. The zero-order chi connectivity index (χ0) is 11.9. The average molecular weight is 216 g/mol. The largest absolute Gasteiger partial charge is 0.376 e. The van der Waals surface area contributed by atoms with Crippen molar-refractivity contribution in [2.75, 3.05) is 5.32 Å². The number of fused-ring (bicyclic) bond motifs is 1. The van der Waals surface area contributed by atoms with Gasteiger partial charge >= 0.3 is 0 Å². The zero-order valence-corrected chi connectivity index (χ0v) is 9.79. The maximum atomic E-state index is 11.4. The molecule has 0 saturated carbocycles. The second-order valence-electron chi connectivity index (χ2n) is 4.77. The van der Waals surface area contributed by atoms with Crippen molar-refractivity contribution in [1.29, 1.82) is 0 Å². The molecule has 1 aromatic rings. The van der Waals surface area contributed by atoms with Crippen LogP contribution in [-0.4, -0.2) is 11.4 Å². The Hall–Kier alpha value is -1.77. The predicted molar refractivity (Wildman–Crippen MR) is 66.3 cm³/mol. The number of hydrogen-bond donors (Lipinski definition) is 2. The van der Waals surface area contributed by atoms with Crippen molar-refractivity contribution in [1.82, 2.24) is 0 Å². The summed E-state index contributed by atoms with van der Waals surface area (Å²) in [6, 6.07) is 5.61. The number of allylic oxidation sites excluding steroid dienone is 1. The average Bonchev–Trinajstić information content (AvgIpc) is 2.14. The lowest BCUT2D eigenvalue weighted by atomic mass is 9.89. The van der Waals surface area contributed by atoms with Crippen LogP contribution < -0.4 is 11.1 Å². The van der Waals surface area contributed by atoms with Gasteiger partial charge < -0.3 is 11.1 Å². The highest BCUT2D eigenvalue weighted by Gasteiger charge is 2.25. The second-order valence-corrected chi connectivity index (χ2v) is 4.77. The number of hydrogen-bond acceptors (Lipinski definition) is 2. The van der Waals surface area contributed by atoms with E-state index in [0.29, 0.717) is 5.56 Å². The van der Waals surface area contributed by atoms with Gasteiger partial charge in [-0.05, 0) is 32.4 Å². The van der Waals surface area contributed by atoms with Crippen LogP contribution in [0.3, 0.4) is 0 Å². The molecule has 3 heteroatoms. The molecule has 0 radical (unpaired) electrons. The molecular weight excluding hydrogens is 200 g/mol. The summed E-state index contributed by atoms with van der Waals surface area (Å²) < 4.78 is 0. The monoisotopic (exact) mass is 216 g/mol. The molecule has 2 rings (SSSR count). The second kappa shape index (κ2) is 3.37. The standard InChI is InChI=1S/C13H16N2O/c1-8-7-13(2,3)15-11-9(8)5-4-6-10(11)12(14)16/h4-7,15H,1-3H3,(H2,14,16). The number of nitrogens with one attached hydrogen (secondary N) is 1. The van der Waals surface area contributed by atoms with E-state index in [1.165, 1.54) is 5.57 Å². The number of para-hydroxylation sites is 1. The van der Waals surface area contributed by atoms with Crippen molar-refractivity contribution < 1.29 is 4.79 Å². The van der Waals surface area contributed by atoms with Crippen LogP contribution in [0, 0.1) is 0 Å². The van der Waals surface area contributed by atoms with Gasteiger partial charge in [-0.3, -0.25) is 4.79 Å². The minimum absolute atomic E-state index is 0.150. The van der Waals surface area contributed by atoms with Gasteiger partial charge in [-0.1, -0.05) is 18.2 Å². The third-order valence-corrected chi connectivity index (χ3v) is 2.78. The molecule has 0 aromatic heterocycles. The molecule has 0 bridgehead atoms. The van der Waals surface area contributed by atoms with Crippen molar-refractivity contribution in [3.8, 4) is 0 Å². The first-order valence-corrected chi connectivity index (χ1v) is 5.31. The molecule has 0 atom stereocenters. The van der Waals surface area contributed by atoms with Gasteiger partial charge in [0, 0.05) is 5.56 Å². The summed E-state index contributed by atoms with van der Waals surface area (Å²) in [5.41, 5.74) is 8.84. The summed E-state index contributed by atoms with van der Waals surface area (Å²) in [6.07, 6.45) is 2.15. The molecule has 0 saturated heterocycles. The molecule has 0 aliphatic carbocycles. The fraction of sp³-hybridized carbons (Fsp3) is 0.308. The Labute approximate surface area is 95.3 Å². The smallest absolute Gasteiger partial charge is 0.250 e. The van der Waals surface area contributed by atoms with Gasteiger partial charge in [-0.2, -0.15) is 0 Å². The van der Waals surface area contributed by atoms with Crippen molar-refractivity contribution in [3.05, 3.63) is 35.4 Å². The summed E-state index contributed by atoms with van der Waals surface area (Å²) in [5.74, 6) is -0.394. The van der Waals surface area contributed by atoms with Crippen LogP contribution in [-0.2, 0) is 0 Å². The Morgan fingerprint density at radius 1 is 1.38 bits per heavy atom. The number of carbonyl (C=O) groups excluding carboxylic acids is 1. The van der Waals surface area contributed by atoms with Crippen LogP contribution in [0.2, 0.25) is 0 Å². The van der Waals surface area contributed by atoms with Crippen LogP contribution in [0.15, 0.2) is 24.3 Å². The van der Waals surface area contributed by atoms with Gasteiger partial charge in [-0.25, -0.2) is 0 Å². The summed E-state index contributed by atoms with van der Waals surface area (Å²) >= 11 is 0. The lowest BCUT2D eigenvalue weighted by Gasteiger charge is -2.32. The molecule has 0 unspecified atom stereocenters. The first kappa shape index (κ1) is 10.7. The van der Waals surface area contributed by atoms with Crippen LogP contribution in [0.25, 0.3) is 5.57 Å². The Bertz CT molecular complexity index is 487. The lowest BCUT2D eigenvalue weighted by Crippen LogP contribution is -2.33. The molecule has 0 spiro atoms. The summed E-state index contributed by atoms with van der Waals surface area (Å²) in [6.45, 7) is 6.18. The normalized spacial score (nSPS) is 17.1. The van der Waals surface area contributed by atoms with Crippen molar-refractivity contribution in [3.63, 3.8) is 0 Å². The van der Waals surface area contributed by atoms with Crippen molar-refractivity contribution in [2.45, 2.75) is 26.3 Å².